The van der Waals surface area contributed by atoms with Gasteiger partial charge in [-0.25, -0.2) is 0 Å². The van der Waals surface area contributed by atoms with Crippen LogP contribution >= 0.6 is 8.15 Å². The Labute approximate surface area is 59.6 Å². The van der Waals surface area contributed by atoms with E-state index < -0.39 is 0 Å². The van der Waals surface area contributed by atoms with Crippen molar-refractivity contribution in [1.29, 1.82) is 0 Å². The Hall–Kier alpha value is 0.390. The lowest BCUT2D eigenvalue weighted by Gasteiger charge is -2.18. The molecule has 0 aliphatic heterocycles. The zero-order valence-electron chi connectivity index (χ0n) is 7.01. The first kappa shape index (κ1) is 9.39. The second kappa shape index (κ2) is 4.24. The summed E-state index contributed by atoms with van der Waals surface area (Å²) in [5, 5.41) is 0. The molecule has 0 amide bonds. The molecule has 0 N–H and O–H groups in total. The van der Waals surface area contributed by atoms with E-state index in [-0.39, 0.29) is 8.15 Å². The predicted octanol–water partition coefficient (Wildman–Crippen LogP) is 2.85. The van der Waals surface area contributed by atoms with Gasteiger partial charge in [0.05, 0.1) is 6.10 Å². The highest BCUT2D eigenvalue weighted by molar-refractivity contribution is 7.52. The molecule has 1 nitrogen and oxygen atoms in total. The molecule has 0 saturated heterocycles. The molecule has 0 spiro atoms. The van der Waals surface area contributed by atoms with Crippen molar-refractivity contribution < 1.29 is 4.52 Å². The van der Waals surface area contributed by atoms with Crippen LogP contribution in [0.2, 0.25) is 0 Å². The van der Waals surface area contributed by atoms with Crippen molar-refractivity contribution in [2.24, 2.45) is 0 Å². The van der Waals surface area contributed by atoms with Gasteiger partial charge in [-0.05, 0) is 26.2 Å². The molecule has 0 fully saturated rings. The number of hydrogen-bond donors (Lipinski definition) is 0. The molecule has 0 rings (SSSR count). The van der Waals surface area contributed by atoms with Crippen LogP contribution in [0, 0.1) is 0 Å². The van der Waals surface area contributed by atoms with Crippen molar-refractivity contribution >= 4 is 8.15 Å². The summed E-state index contributed by atoms with van der Waals surface area (Å²) < 4.78 is 5.58. The third kappa shape index (κ3) is 4.87. The highest BCUT2D eigenvalue weighted by atomic mass is 31.1. The Morgan fingerprint density at radius 3 is 1.67 bits per heavy atom. The first-order valence-electron chi connectivity index (χ1n) is 3.43. The van der Waals surface area contributed by atoms with Crippen LogP contribution in [-0.4, -0.2) is 18.4 Å². The van der Waals surface area contributed by atoms with E-state index in [1.54, 1.807) is 0 Å². The van der Waals surface area contributed by atoms with Crippen LogP contribution in [0.1, 0.15) is 27.7 Å². The first-order valence-corrected chi connectivity index (χ1v) is 5.21. The molecule has 0 aliphatic carbocycles. The highest BCUT2D eigenvalue weighted by Gasteiger charge is 2.07. The van der Waals surface area contributed by atoms with E-state index in [9.17, 15) is 0 Å². The molecule has 1 atom stereocenters. The third-order valence-electron chi connectivity index (χ3n) is 1.10. The largest absolute Gasteiger partial charge is 0.357 e. The summed E-state index contributed by atoms with van der Waals surface area (Å²) in [7, 11) is -0.179. The maximum Gasteiger partial charge on any atom is 0.0561 e. The molecule has 0 aromatic rings. The standard InChI is InChI=1S/C7H17OP/c1-6(2)8-9(5)7(3)4/h6-7H,1-5H3. The van der Waals surface area contributed by atoms with Gasteiger partial charge in [0, 0.05) is 8.15 Å². The maximum atomic E-state index is 5.58. The Kier molecular flexibility index (Phi) is 4.43. The lowest BCUT2D eigenvalue weighted by Crippen LogP contribution is -2.02. The van der Waals surface area contributed by atoms with Gasteiger partial charge in [-0.15, -0.1) is 0 Å². The van der Waals surface area contributed by atoms with Crippen molar-refractivity contribution in [3.63, 3.8) is 0 Å². The Morgan fingerprint density at radius 2 is 1.56 bits per heavy atom. The normalized spacial score (nSPS) is 15.0. The molecule has 0 aliphatic rings. The average molecular weight is 148 g/mol. The molecular formula is C7H17OP. The van der Waals surface area contributed by atoms with E-state index in [0.717, 1.165) is 0 Å². The minimum Gasteiger partial charge on any atom is -0.357 e. The Morgan fingerprint density at radius 1 is 1.11 bits per heavy atom. The topological polar surface area (TPSA) is 9.23 Å². The van der Waals surface area contributed by atoms with Crippen LogP contribution in [0.3, 0.4) is 0 Å². The van der Waals surface area contributed by atoms with E-state index in [0.29, 0.717) is 11.8 Å². The van der Waals surface area contributed by atoms with Gasteiger partial charge in [0.2, 0.25) is 0 Å². The average Bonchev–Trinajstić information content (AvgIpc) is 1.63. The van der Waals surface area contributed by atoms with E-state index in [4.69, 9.17) is 4.52 Å². The summed E-state index contributed by atoms with van der Waals surface area (Å²) in [6.45, 7) is 10.8. The van der Waals surface area contributed by atoms with Crippen LogP contribution in [0.5, 0.6) is 0 Å². The lowest BCUT2D eigenvalue weighted by molar-refractivity contribution is 0.270. The molecule has 0 radical (unpaired) electrons. The maximum absolute atomic E-state index is 5.58. The van der Waals surface area contributed by atoms with Gasteiger partial charge in [0.1, 0.15) is 0 Å². The molecule has 9 heavy (non-hydrogen) atoms. The second-order valence-electron chi connectivity index (χ2n) is 2.79. The van der Waals surface area contributed by atoms with Gasteiger partial charge >= 0.3 is 0 Å². The molecular weight excluding hydrogens is 131 g/mol. The minimum absolute atomic E-state index is 0.179. The minimum atomic E-state index is -0.179. The van der Waals surface area contributed by atoms with Gasteiger partial charge < -0.3 is 4.52 Å². The molecule has 1 unspecified atom stereocenters. The summed E-state index contributed by atoms with van der Waals surface area (Å²) in [5.74, 6) is 0. The number of rotatable bonds is 3. The summed E-state index contributed by atoms with van der Waals surface area (Å²) in [6.07, 6.45) is 0.392. The molecule has 2 heteroatoms. The van der Waals surface area contributed by atoms with Crippen molar-refractivity contribution in [2.75, 3.05) is 6.66 Å². The van der Waals surface area contributed by atoms with Gasteiger partial charge in [0.15, 0.2) is 0 Å². The molecule has 0 aromatic heterocycles. The predicted molar refractivity (Wildman–Crippen MR) is 44.2 cm³/mol. The molecule has 0 saturated carbocycles. The van der Waals surface area contributed by atoms with Gasteiger partial charge in [0.25, 0.3) is 0 Å². The second-order valence-corrected chi connectivity index (χ2v) is 5.13. The highest BCUT2D eigenvalue weighted by Crippen LogP contribution is 2.38. The summed E-state index contributed by atoms with van der Waals surface area (Å²) in [5.41, 5.74) is 0.697. The van der Waals surface area contributed by atoms with Gasteiger partial charge in [-0.3, -0.25) is 0 Å². The van der Waals surface area contributed by atoms with Crippen LogP contribution in [0.25, 0.3) is 0 Å². The fourth-order valence-corrected chi connectivity index (χ4v) is 1.36. The lowest BCUT2D eigenvalue weighted by atomic mass is 10.5. The van der Waals surface area contributed by atoms with Crippen LogP contribution in [0.15, 0.2) is 0 Å². The van der Waals surface area contributed by atoms with Gasteiger partial charge in [-0.2, -0.15) is 0 Å². The van der Waals surface area contributed by atoms with E-state index in [1.807, 2.05) is 0 Å². The van der Waals surface area contributed by atoms with E-state index >= 15 is 0 Å². The van der Waals surface area contributed by atoms with E-state index in [1.165, 1.54) is 0 Å². The quantitative estimate of drug-likeness (QED) is 0.559. The first-order chi connectivity index (χ1) is 4.04. The van der Waals surface area contributed by atoms with Crippen LogP contribution in [-0.2, 0) is 4.52 Å². The zero-order chi connectivity index (χ0) is 7.44. The van der Waals surface area contributed by atoms with E-state index in [2.05, 4.69) is 34.4 Å². The van der Waals surface area contributed by atoms with Crippen molar-refractivity contribution in [3.8, 4) is 0 Å². The van der Waals surface area contributed by atoms with Gasteiger partial charge in [-0.1, -0.05) is 13.8 Å². The van der Waals surface area contributed by atoms with Crippen molar-refractivity contribution in [2.45, 2.75) is 39.5 Å². The fraction of sp³-hybridized carbons (Fsp3) is 1.00. The molecule has 56 valence electrons. The van der Waals surface area contributed by atoms with Crippen molar-refractivity contribution in [1.82, 2.24) is 0 Å². The zero-order valence-corrected chi connectivity index (χ0v) is 7.90. The Balaban J connectivity index is 3.38. The number of hydrogen-bond acceptors (Lipinski definition) is 1. The molecule has 0 bridgehead atoms. The van der Waals surface area contributed by atoms with Crippen LogP contribution in [0.4, 0.5) is 0 Å². The summed E-state index contributed by atoms with van der Waals surface area (Å²) >= 11 is 0. The molecule has 0 aromatic carbocycles. The SMILES string of the molecule is CC(C)OP(C)C(C)C. The fourth-order valence-electron chi connectivity index (χ4n) is 0.454. The summed E-state index contributed by atoms with van der Waals surface area (Å²) in [6, 6.07) is 0. The van der Waals surface area contributed by atoms with Crippen LogP contribution < -0.4 is 0 Å². The third-order valence-corrected chi connectivity index (χ3v) is 3.31. The summed E-state index contributed by atoms with van der Waals surface area (Å²) in [4.78, 5) is 0. The monoisotopic (exact) mass is 148 g/mol. The smallest absolute Gasteiger partial charge is 0.0561 e. The molecule has 0 heterocycles. The Bertz CT molecular complexity index is 71.3. The van der Waals surface area contributed by atoms with Crippen molar-refractivity contribution in [3.05, 3.63) is 0 Å².